The van der Waals surface area contributed by atoms with Crippen LogP contribution < -0.4 is 5.32 Å². The highest BCUT2D eigenvalue weighted by Crippen LogP contribution is 2.27. The van der Waals surface area contributed by atoms with Crippen LogP contribution in [0.4, 0.5) is 0 Å². The molecule has 3 heterocycles. The molecule has 0 radical (unpaired) electrons. The third-order valence-electron chi connectivity index (χ3n) is 6.53. The number of aryl methyl sites for hydroxylation is 1. The molecule has 2 fully saturated rings. The fraction of sp³-hybridized carbons (Fsp3) is 0.652. The van der Waals surface area contributed by atoms with Gasteiger partial charge >= 0.3 is 0 Å². The number of aromatic nitrogens is 3. The molecular weight excluding hydrogens is 392 g/mol. The maximum absolute atomic E-state index is 12.9. The van der Waals surface area contributed by atoms with Crippen LogP contribution in [0.3, 0.4) is 0 Å². The van der Waals surface area contributed by atoms with Crippen molar-refractivity contribution in [2.24, 2.45) is 5.92 Å². The van der Waals surface area contributed by atoms with E-state index in [1.807, 2.05) is 22.6 Å². The molecule has 0 atom stereocenters. The van der Waals surface area contributed by atoms with Gasteiger partial charge in [-0.1, -0.05) is 12.8 Å². The Balaban J connectivity index is 1.29. The second-order valence-corrected chi connectivity index (χ2v) is 9.14. The third kappa shape index (κ3) is 4.74. The molecule has 4 rings (SSSR count). The minimum Gasteiger partial charge on any atom is -0.351 e. The van der Waals surface area contributed by atoms with Crippen LogP contribution in [-0.4, -0.2) is 75.6 Å². The summed E-state index contributed by atoms with van der Waals surface area (Å²) in [5.74, 6) is 0.518. The number of hydrogen-bond donors (Lipinski definition) is 1. The van der Waals surface area contributed by atoms with Gasteiger partial charge in [-0.05, 0) is 39.7 Å². The summed E-state index contributed by atoms with van der Waals surface area (Å²) >= 11 is 0. The van der Waals surface area contributed by atoms with Crippen LogP contribution in [-0.2, 0) is 4.79 Å². The van der Waals surface area contributed by atoms with E-state index >= 15 is 0 Å². The fourth-order valence-corrected chi connectivity index (χ4v) is 4.75. The van der Waals surface area contributed by atoms with Gasteiger partial charge in [-0.15, -0.1) is 0 Å². The molecule has 2 amide bonds. The quantitative estimate of drug-likeness (QED) is 0.767. The predicted molar refractivity (Wildman–Crippen MR) is 120 cm³/mol. The first kappa shape index (κ1) is 21.7. The van der Waals surface area contributed by atoms with E-state index in [0.29, 0.717) is 18.0 Å². The molecule has 0 bridgehead atoms. The van der Waals surface area contributed by atoms with E-state index in [2.05, 4.69) is 34.1 Å². The topological polar surface area (TPSA) is 83.4 Å². The smallest absolute Gasteiger partial charge is 0.252 e. The highest BCUT2D eigenvalue weighted by atomic mass is 16.2. The zero-order valence-corrected chi connectivity index (χ0v) is 18.9. The van der Waals surface area contributed by atoms with Crippen molar-refractivity contribution in [3.05, 3.63) is 23.5 Å². The van der Waals surface area contributed by atoms with Gasteiger partial charge in [0.2, 0.25) is 5.91 Å². The summed E-state index contributed by atoms with van der Waals surface area (Å²) < 4.78 is 1.85. The average Bonchev–Trinajstić information content (AvgIpc) is 3.43. The molecule has 1 aliphatic carbocycles. The van der Waals surface area contributed by atoms with Crippen molar-refractivity contribution in [2.75, 3.05) is 39.3 Å². The summed E-state index contributed by atoms with van der Waals surface area (Å²) in [7, 11) is 0. The van der Waals surface area contributed by atoms with Crippen molar-refractivity contribution in [3.63, 3.8) is 0 Å². The van der Waals surface area contributed by atoms with Gasteiger partial charge < -0.3 is 10.2 Å². The Bertz CT molecular complexity index is 939. The maximum Gasteiger partial charge on any atom is 0.252 e. The number of carbonyl (C=O) groups excluding carboxylic acids is 2. The monoisotopic (exact) mass is 426 g/mol. The van der Waals surface area contributed by atoms with E-state index in [4.69, 9.17) is 0 Å². The molecule has 8 nitrogen and oxygen atoms in total. The number of nitrogens with one attached hydrogen (secondary N) is 1. The first-order chi connectivity index (χ1) is 14.9. The third-order valence-corrected chi connectivity index (χ3v) is 6.53. The molecule has 1 aliphatic heterocycles. The van der Waals surface area contributed by atoms with Gasteiger partial charge in [-0.25, -0.2) is 9.67 Å². The molecule has 2 aromatic rings. The zero-order valence-electron chi connectivity index (χ0n) is 18.9. The normalized spacial score (nSPS) is 18.3. The number of piperazine rings is 1. The van der Waals surface area contributed by atoms with Crippen molar-refractivity contribution in [3.8, 4) is 0 Å². The molecule has 0 aromatic carbocycles. The van der Waals surface area contributed by atoms with Gasteiger partial charge in [0.05, 0.1) is 17.1 Å². The van der Waals surface area contributed by atoms with E-state index in [1.165, 1.54) is 12.8 Å². The standard InChI is InChI=1S/C23H34N6O2/c1-16(2)29-21-20(15-25-29)19(14-17(3)26-21)22(30)24-8-9-27-10-12-28(13-11-27)23(31)18-6-4-5-7-18/h14-16,18H,4-13H2,1-3H3,(H,24,30). The first-order valence-electron chi connectivity index (χ1n) is 11.6. The van der Waals surface area contributed by atoms with E-state index in [0.717, 1.165) is 62.3 Å². The molecule has 8 heteroatoms. The summed E-state index contributed by atoms with van der Waals surface area (Å²) in [5, 5.41) is 8.26. The Morgan fingerprint density at radius 2 is 1.87 bits per heavy atom. The summed E-state index contributed by atoms with van der Waals surface area (Å²) in [4.78, 5) is 34.4. The van der Waals surface area contributed by atoms with Crippen LogP contribution in [0.5, 0.6) is 0 Å². The molecule has 0 spiro atoms. The lowest BCUT2D eigenvalue weighted by molar-refractivity contribution is -0.137. The predicted octanol–water partition coefficient (Wildman–Crippen LogP) is 2.38. The van der Waals surface area contributed by atoms with E-state index in [1.54, 1.807) is 6.20 Å². The summed E-state index contributed by atoms with van der Waals surface area (Å²) in [6.45, 7) is 10.7. The van der Waals surface area contributed by atoms with E-state index in [-0.39, 0.29) is 17.9 Å². The van der Waals surface area contributed by atoms with E-state index in [9.17, 15) is 9.59 Å². The van der Waals surface area contributed by atoms with Crippen LogP contribution in [0.2, 0.25) is 0 Å². The fourth-order valence-electron chi connectivity index (χ4n) is 4.75. The Morgan fingerprint density at radius 3 is 2.55 bits per heavy atom. The Kier molecular flexibility index (Phi) is 6.55. The first-order valence-corrected chi connectivity index (χ1v) is 11.6. The highest BCUT2D eigenvalue weighted by Gasteiger charge is 2.29. The lowest BCUT2D eigenvalue weighted by atomic mass is 10.1. The van der Waals surface area contributed by atoms with Gasteiger partial charge in [0.15, 0.2) is 5.65 Å². The van der Waals surface area contributed by atoms with Crippen LogP contribution in [0, 0.1) is 12.8 Å². The van der Waals surface area contributed by atoms with Gasteiger partial charge in [-0.2, -0.15) is 5.10 Å². The summed E-state index contributed by atoms with van der Waals surface area (Å²) in [6, 6.07) is 2.01. The average molecular weight is 427 g/mol. The second-order valence-electron chi connectivity index (χ2n) is 9.14. The Morgan fingerprint density at radius 1 is 1.16 bits per heavy atom. The second kappa shape index (κ2) is 9.34. The number of hydrogen-bond acceptors (Lipinski definition) is 5. The molecule has 1 saturated carbocycles. The molecule has 0 unspecified atom stereocenters. The minimum absolute atomic E-state index is 0.0890. The number of pyridine rings is 1. The van der Waals surface area contributed by atoms with Crippen molar-refractivity contribution in [1.82, 2.24) is 29.9 Å². The van der Waals surface area contributed by atoms with Crippen LogP contribution in [0.15, 0.2) is 12.3 Å². The van der Waals surface area contributed by atoms with Crippen LogP contribution >= 0.6 is 0 Å². The van der Waals surface area contributed by atoms with Crippen molar-refractivity contribution in [2.45, 2.75) is 52.5 Å². The van der Waals surface area contributed by atoms with E-state index < -0.39 is 0 Å². The Hall–Kier alpha value is -2.48. The molecule has 31 heavy (non-hydrogen) atoms. The Labute approximate surface area is 184 Å². The lowest BCUT2D eigenvalue weighted by Crippen LogP contribution is -2.51. The summed E-state index contributed by atoms with van der Waals surface area (Å²) in [6.07, 6.45) is 6.23. The molecule has 1 saturated heterocycles. The van der Waals surface area contributed by atoms with Crippen molar-refractivity contribution in [1.29, 1.82) is 0 Å². The number of fused-ring (bicyclic) bond motifs is 1. The molecule has 168 valence electrons. The van der Waals surface area contributed by atoms with Gasteiger partial charge in [0.25, 0.3) is 5.91 Å². The van der Waals surface area contributed by atoms with Gasteiger partial charge in [0, 0.05) is 56.9 Å². The van der Waals surface area contributed by atoms with Crippen LogP contribution in [0.25, 0.3) is 11.0 Å². The largest absolute Gasteiger partial charge is 0.351 e. The zero-order chi connectivity index (χ0) is 22.0. The lowest BCUT2D eigenvalue weighted by Gasteiger charge is -2.36. The molecule has 1 N–H and O–H groups in total. The molecular formula is C23H34N6O2. The number of rotatable bonds is 6. The van der Waals surface area contributed by atoms with Crippen molar-refractivity contribution < 1.29 is 9.59 Å². The van der Waals surface area contributed by atoms with Gasteiger partial charge in [-0.3, -0.25) is 14.5 Å². The van der Waals surface area contributed by atoms with Gasteiger partial charge in [0.1, 0.15) is 0 Å². The van der Waals surface area contributed by atoms with Crippen molar-refractivity contribution >= 4 is 22.8 Å². The molecule has 2 aliphatic rings. The number of nitrogens with zero attached hydrogens (tertiary/aromatic N) is 5. The van der Waals surface area contributed by atoms with Crippen LogP contribution in [0.1, 0.15) is 61.6 Å². The SMILES string of the molecule is Cc1cc(C(=O)NCCN2CCN(C(=O)C3CCCC3)CC2)c2cnn(C(C)C)c2n1. The summed E-state index contributed by atoms with van der Waals surface area (Å²) in [5.41, 5.74) is 2.19. The highest BCUT2D eigenvalue weighted by molar-refractivity contribution is 6.05. The molecule has 2 aromatic heterocycles. The maximum atomic E-state index is 12.9. The number of carbonyl (C=O) groups is 2. The minimum atomic E-state index is -0.0890. The number of amides is 2.